The molecule has 2 aliphatic heterocycles. The van der Waals surface area contributed by atoms with Gasteiger partial charge in [0, 0.05) is 64.7 Å². The minimum Gasteiger partial charge on any atom is -0.481 e. The maximum atomic E-state index is 12.3. The van der Waals surface area contributed by atoms with E-state index in [1.54, 1.807) is 0 Å². The Hall–Kier alpha value is -1.71. The van der Waals surface area contributed by atoms with Crippen LogP contribution in [0.1, 0.15) is 38.5 Å². The zero-order valence-corrected chi connectivity index (χ0v) is 17.7. The SMILES string of the molecule is CN1[13CH2][13CH2]N([13CH2][13CH]2[13CH2][13CH2][13CH2][15N]2CC(=O)[15NH]CCCC(=O)NCCCC(=O)O)[13CH2][13CH2]1. The molecule has 2 heterocycles. The fraction of sp³-hybridized carbons (Fsp3) is 0.850. The monoisotopic (exact) mass is 422 g/mol. The lowest BCUT2D eigenvalue weighted by atomic mass is 10.3. The van der Waals surface area contributed by atoms with Gasteiger partial charge in [0.15, 0.2) is 0 Å². The number of piperazine rings is 1. The Bertz CT molecular complexity index is 537. The van der Waals surface area contributed by atoms with E-state index >= 15 is 0 Å². The maximum absolute atomic E-state index is 12.3. The minimum absolute atomic E-state index is 0.0251. The van der Waals surface area contributed by atoms with Crippen molar-refractivity contribution in [1.29, 1.82) is 0 Å². The molecule has 9 heteroatoms. The first-order valence-corrected chi connectivity index (χ1v) is 10.8. The molecule has 2 rings (SSSR count). The van der Waals surface area contributed by atoms with Gasteiger partial charge in [-0.1, -0.05) is 0 Å². The van der Waals surface area contributed by atoms with E-state index in [0.29, 0.717) is 44.9 Å². The Morgan fingerprint density at radius 2 is 1.59 bits per heavy atom. The molecule has 0 radical (unpaired) electrons. The zero-order valence-electron chi connectivity index (χ0n) is 17.7. The van der Waals surface area contributed by atoms with Crippen molar-refractivity contribution < 1.29 is 19.5 Å². The highest BCUT2D eigenvalue weighted by Gasteiger charge is 2.28. The van der Waals surface area contributed by atoms with Crippen molar-refractivity contribution in [3.8, 4) is 0 Å². The smallest absolute Gasteiger partial charge is 0.303 e. The van der Waals surface area contributed by atoms with Gasteiger partial charge in [-0.25, -0.2) is 0 Å². The summed E-state index contributed by atoms with van der Waals surface area (Å²) in [5, 5.41) is 14.2. The van der Waals surface area contributed by atoms with Crippen LogP contribution in [0.5, 0.6) is 0 Å². The number of carboxylic acids is 1. The third-order valence-electron chi connectivity index (χ3n) is 5.70. The molecular formula is C20H37N5O4. The quantitative estimate of drug-likeness (QED) is 0.223. The molecule has 2 aliphatic rings. The van der Waals surface area contributed by atoms with Gasteiger partial charge in [0.05, 0.1) is 6.54 Å². The second-order valence-corrected chi connectivity index (χ2v) is 8.17. The molecule has 2 amide bonds. The molecule has 0 saturated carbocycles. The molecule has 1 atom stereocenters. The maximum Gasteiger partial charge on any atom is 0.303 e. The first kappa shape index (κ1) is 23.6. The van der Waals surface area contributed by atoms with Crippen LogP contribution in [0.3, 0.4) is 0 Å². The van der Waals surface area contributed by atoms with Crippen LogP contribution in [-0.2, 0) is 14.4 Å². The number of rotatable bonds is 12. The minimum atomic E-state index is -0.856. The number of carboxylic acid groups (broad SMARTS) is 1. The van der Waals surface area contributed by atoms with Crippen LogP contribution < -0.4 is 10.6 Å². The van der Waals surface area contributed by atoms with E-state index in [4.69, 9.17) is 5.11 Å². The van der Waals surface area contributed by atoms with E-state index in [1.165, 1.54) is 0 Å². The number of aliphatic carboxylic acids is 1. The first-order chi connectivity index (χ1) is 13.9. The van der Waals surface area contributed by atoms with E-state index in [1.807, 2.05) is 0 Å². The third-order valence-corrected chi connectivity index (χ3v) is 5.70. The molecule has 2 saturated heterocycles. The summed E-state index contributed by atoms with van der Waals surface area (Å²) in [6.07, 6.45) is 3.71. The topological polar surface area (TPSA) is 105 Å². The lowest BCUT2D eigenvalue weighted by Gasteiger charge is -2.36. The van der Waals surface area contributed by atoms with Crippen LogP contribution >= 0.6 is 0 Å². The fourth-order valence-electron chi connectivity index (χ4n) is 3.91. The van der Waals surface area contributed by atoms with E-state index < -0.39 is 5.97 Å². The van der Waals surface area contributed by atoms with Gasteiger partial charge in [-0.3, -0.25) is 24.2 Å². The molecule has 0 aromatic heterocycles. The predicted octanol–water partition coefficient (Wildman–Crippen LogP) is -0.424. The summed E-state index contributed by atoms with van der Waals surface area (Å²) in [4.78, 5) is 41.5. The number of hydrogen-bond acceptors (Lipinski definition) is 6. The van der Waals surface area contributed by atoms with Gasteiger partial charge in [-0.05, 0) is 39.3 Å². The van der Waals surface area contributed by atoms with Crippen LogP contribution in [0.15, 0.2) is 0 Å². The summed E-state index contributed by atoms with van der Waals surface area (Å²) in [7, 11) is 2.16. The molecule has 3 N–H and O–H groups in total. The third kappa shape index (κ3) is 9.56. The van der Waals surface area contributed by atoms with Gasteiger partial charge in [0.25, 0.3) is 0 Å². The Kier molecular flexibility index (Phi) is 10.4. The summed E-state index contributed by atoms with van der Waals surface area (Å²) in [5.74, 6) is -0.931. The van der Waals surface area contributed by atoms with Gasteiger partial charge in [0.1, 0.15) is 0 Å². The number of amides is 2. The van der Waals surface area contributed by atoms with Crippen molar-refractivity contribution in [2.24, 2.45) is 0 Å². The lowest BCUT2D eigenvalue weighted by Crippen LogP contribution is -2.50. The van der Waals surface area contributed by atoms with E-state index in [9.17, 15) is 14.4 Å². The highest BCUT2D eigenvalue weighted by atomic mass is 16.4. The number of nitrogens with zero attached hydrogens (tertiary/aromatic N) is 3. The molecule has 0 aliphatic carbocycles. The van der Waals surface area contributed by atoms with Crippen molar-refractivity contribution in [3.63, 3.8) is 0 Å². The van der Waals surface area contributed by atoms with Crippen molar-refractivity contribution in [2.45, 2.75) is 44.6 Å². The Morgan fingerprint density at radius 1 is 0.931 bits per heavy atom. The second-order valence-electron chi connectivity index (χ2n) is 8.17. The van der Waals surface area contributed by atoms with E-state index in [-0.39, 0.29) is 18.2 Å². The number of likely N-dealkylation sites (N-methyl/N-ethyl adjacent to an activating group) is 1. The van der Waals surface area contributed by atoms with Gasteiger partial charge >= 0.3 is 5.97 Å². The zero-order chi connectivity index (χ0) is 21.1. The Balaban J connectivity index is 1.55. The van der Waals surface area contributed by atoms with Crippen molar-refractivity contribution in [2.75, 3.05) is 66.0 Å². The molecule has 166 valence electrons. The second kappa shape index (κ2) is 12.8. The molecular weight excluding hydrogens is 385 g/mol. The number of hydrogen-bond donors (Lipinski definition) is 3. The average molecular weight is 422 g/mol. The van der Waals surface area contributed by atoms with Crippen LogP contribution in [0.25, 0.3) is 0 Å². The highest BCUT2D eigenvalue weighted by molar-refractivity contribution is 5.78. The average Bonchev–Trinajstić information content (AvgIpc) is 3.10. The predicted molar refractivity (Wildman–Crippen MR) is 111 cm³/mol. The normalized spacial score (nSPS) is 21.2. The summed E-state index contributed by atoms with van der Waals surface area (Å²) in [5.41, 5.74) is 0. The molecule has 0 spiro atoms. The first-order valence-electron chi connectivity index (χ1n) is 10.8. The summed E-state index contributed by atoms with van der Waals surface area (Å²) in [6, 6.07) is 0.459. The molecule has 29 heavy (non-hydrogen) atoms. The molecule has 0 aromatic rings. The Morgan fingerprint density at radius 3 is 2.28 bits per heavy atom. The Labute approximate surface area is 173 Å². The fourth-order valence-corrected chi connectivity index (χ4v) is 3.91. The lowest BCUT2D eigenvalue weighted by molar-refractivity contribution is -0.137. The standard InChI is InChI=1S/C20H37N5O4/c1-23-11-13-24(14-12-23)15-17-5-4-10-25(17)16-19(27)22-8-2-6-18(26)21-9-3-7-20(28)29/h17H,2-16H2,1H3,(H,21,26)(H,22,27)(H,28,29)/i4+1,5+1,10+1,11+1,12+1,13+1,14+1,15+1,17+1,22+1,25+1. The highest BCUT2D eigenvalue weighted by Crippen LogP contribution is 2.18. The van der Waals surface area contributed by atoms with Gasteiger partial charge in [-0.2, -0.15) is 0 Å². The molecule has 2 fully saturated rings. The van der Waals surface area contributed by atoms with Crippen molar-refractivity contribution in [3.05, 3.63) is 0 Å². The number of likely N-dealkylation sites (tertiary alicyclic amines) is 1. The van der Waals surface area contributed by atoms with E-state index in [2.05, 4.69) is 32.4 Å². The summed E-state index contributed by atoms with van der Waals surface area (Å²) >= 11 is 0. The largest absolute Gasteiger partial charge is 0.481 e. The molecule has 1 unspecified atom stereocenters. The number of carbonyl (C=O) groups excluding carboxylic acids is 2. The summed E-state index contributed by atoms with van der Waals surface area (Å²) in [6.45, 7) is 7.74. The van der Waals surface area contributed by atoms with Crippen LogP contribution in [0.2, 0.25) is 0 Å². The van der Waals surface area contributed by atoms with Gasteiger partial charge in [0.2, 0.25) is 11.8 Å². The number of carbonyl (C=O) groups is 3. The van der Waals surface area contributed by atoms with Crippen LogP contribution in [0.4, 0.5) is 0 Å². The molecule has 0 bridgehead atoms. The number of nitrogens with one attached hydrogen (secondary N) is 2. The molecule has 9 nitrogen and oxygen atoms in total. The van der Waals surface area contributed by atoms with Crippen LogP contribution in [-0.4, -0.2) is 110 Å². The summed E-state index contributed by atoms with van der Waals surface area (Å²) < 4.78 is 0. The van der Waals surface area contributed by atoms with Crippen LogP contribution in [0, 0.1) is 0 Å². The van der Waals surface area contributed by atoms with Crippen molar-refractivity contribution >= 4 is 17.8 Å². The van der Waals surface area contributed by atoms with E-state index in [0.717, 1.165) is 52.1 Å². The van der Waals surface area contributed by atoms with Gasteiger partial charge < -0.3 is 20.6 Å². The van der Waals surface area contributed by atoms with Gasteiger partial charge in [-0.15, -0.1) is 0 Å². The van der Waals surface area contributed by atoms with Crippen molar-refractivity contribution in [1.82, 2.24) is 25.3 Å². The molecule has 0 aromatic carbocycles.